The van der Waals surface area contributed by atoms with Crippen LogP contribution in [0, 0.1) is 0 Å². The number of nitrogens with one attached hydrogen (secondary N) is 1. The quantitative estimate of drug-likeness (QED) is 0.903. The fourth-order valence-corrected chi connectivity index (χ4v) is 2.87. The summed E-state index contributed by atoms with van der Waals surface area (Å²) in [6.45, 7) is 5.25. The third-order valence-electron chi connectivity index (χ3n) is 4.02. The molecule has 110 valence electrons. The van der Waals surface area contributed by atoms with Gasteiger partial charge in [0.1, 0.15) is 5.82 Å². The van der Waals surface area contributed by atoms with E-state index in [0.717, 1.165) is 26.1 Å². The summed E-state index contributed by atoms with van der Waals surface area (Å²) in [5.41, 5.74) is 1.01. The lowest BCUT2D eigenvalue weighted by atomic mass is 10.1. The van der Waals surface area contributed by atoms with E-state index in [9.17, 15) is 9.90 Å². The van der Waals surface area contributed by atoms with E-state index in [1.54, 1.807) is 12.1 Å². The molecule has 3 rings (SSSR count). The Kier molecular flexibility index (Phi) is 3.75. The van der Waals surface area contributed by atoms with Crippen molar-refractivity contribution in [3.8, 4) is 0 Å². The molecule has 1 aromatic carbocycles. The predicted molar refractivity (Wildman–Crippen MR) is 82.8 cm³/mol. The van der Waals surface area contributed by atoms with Gasteiger partial charge in [-0.25, -0.2) is 9.78 Å². The standard InChI is InChI=1S/C16H19N3O2/c1-2-19-8-7-11(10-19)17-15-9-13(16(20)21)12-5-3-4-6-14(12)18-15/h3-6,9,11H,2,7-8,10H2,1H3,(H,17,18)(H,20,21). The van der Waals surface area contributed by atoms with Gasteiger partial charge in [-0.15, -0.1) is 0 Å². The summed E-state index contributed by atoms with van der Waals surface area (Å²) in [4.78, 5) is 18.4. The summed E-state index contributed by atoms with van der Waals surface area (Å²) in [7, 11) is 0. The number of likely N-dealkylation sites (N-methyl/N-ethyl adjacent to an activating group) is 1. The molecule has 0 radical (unpaired) electrons. The molecule has 0 bridgehead atoms. The fraction of sp³-hybridized carbons (Fsp3) is 0.375. The number of hydrogen-bond donors (Lipinski definition) is 2. The van der Waals surface area contributed by atoms with Crippen LogP contribution in [0.15, 0.2) is 30.3 Å². The number of benzene rings is 1. The first-order chi connectivity index (χ1) is 10.2. The van der Waals surface area contributed by atoms with Crippen molar-refractivity contribution >= 4 is 22.7 Å². The molecule has 21 heavy (non-hydrogen) atoms. The molecule has 1 aliphatic rings. The second-order valence-corrected chi connectivity index (χ2v) is 5.40. The Hall–Kier alpha value is -2.14. The first kappa shape index (κ1) is 13.8. The normalized spacial score (nSPS) is 19.0. The summed E-state index contributed by atoms with van der Waals surface area (Å²) in [6.07, 6.45) is 1.06. The number of rotatable bonds is 4. The van der Waals surface area contributed by atoms with Crippen LogP contribution in [0.3, 0.4) is 0 Å². The van der Waals surface area contributed by atoms with Crippen molar-refractivity contribution in [3.05, 3.63) is 35.9 Å². The number of nitrogens with zero attached hydrogens (tertiary/aromatic N) is 2. The third kappa shape index (κ3) is 2.83. The first-order valence-electron chi connectivity index (χ1n) is 7.29. The van der Waals surface area contributed by atoms with Gasteiger partial charge in [0.15, 0.2) is 0 Å². The largest absolute Gasteiger partial charge is 0.478 e. The van der Waals surface area contributed by atoms with Gasteiger partial charge in [-0.2, -0.15) is 0 Å². The summed E-state index contributed by atoms with van der Waals surface area (Å²) >= 11 is 0. The van der Waals surface area contributed by atoms with E-state index < -0.39 is 5.97 Å². The van der Waals surface area contributed by atoms with Crippen molar-refractivity contribution in [3.63, 3.8) is 0 Å². The zero-order chi connectivity index (χ0) is 14.8. The van der Waals surface area contributed by atoms with Crippen LogP contribution >= 0.6 is 0 Å². The number of carboxylic acid groups (broad SMARTS) is 1. The van der Waals surface area contributed by atoms with E-state index in [0.29, 0.717) is 28.3 Å². The minimum Gasteiger partial charge on any atom is -0.478 e. The van der Waals surface area contributed by atoms with E-state index >= 15 is 0 Å². The Morgan fingerprint density at radius 2 is 2.29 bits per heavy atom. The number of anilines is 1. The van der Waals surface area contributed by atoms with Crippen molar-refractivity contribution < 1.29 is 9.90 Å². The van der Waals surface area contributed by atoms with Crippen LogP contribution < -0.4 is 5.32 Å². The number of aromatic nitrogens is 1. The summed E-state index contributed by atoms with van der Waals surface area (Å²) in [6, 6.07) is 9.32. The molecule has 1 fully saturated rings. The lowest BCUT2D eigenvalue weighted by Crippen LogP contribution is -2.26. The number of fused-ring (bicyclic) bond motifs is 1. The van der Waals surface area contributed by atoms with Gasteiger partial charge in [0.2, 0.25) is 0 Å². The van der Waals surface area contributed by atoms with Gasteiger partial charge in [0.05, 0.1) is 11.1 Å². The monoisotopic (exact) mass is 285 g/mol. The fourth-order valence-electron chi connectivity index (χ4n) is 2.87. The van der Waals surface area contributed by atoms with E-state index in [4.69, 9.17) is 0 Å². The van der Waals surface area contributed by atoms with Crippen molar-refractivity contribution in [2.45, 2.75) is 19.4 Å². The molecule has 5 heteroatoms. The van der Waals surface area contributed by atoms with E-state index in [1.807, 2.05) is 18.2 Å². The molecule has 1 saturated heterocycles. The number of aromatic carboxylic acids is 1. The van der Waals surface area contributed by atoms with Gasteiger partial charge in [0.25, 0.3) is 0 Å². The SMILES string of the molecule is CCN1CCC(Nc2cc(C(=O)O)c3ccccc3n2)C1. The molecule has 2 aromatic rings. The van der Waals surface area contributed by atoms with Gasteiger partial charge >= 0.3 is 5.97 Å². The van der Waals surface area contributed by atoms with Gasteiger partial charge in [-0.1, -0.05) is 25.1 Å². The molecular formula is C16H19N3O2. The van der Waals surface area contributed by atoms with E-state index in [-0.39, 0.29) is 0 Å². The minimum absolute atomic E-state index is 0.299. The molecule has 0 amide bonds. The lowest BCUT2D eigenvalue weighted by Gasteiger charge is -2.16. The second-order valence-electron chi connectivity index (χ2n) is 5.40. The van der Waals surface area contributed by atoms with Crippen LogP contribution in [-0.4, -0.2) is 46.6 Å². The van der Waals surface area contributed by atoms with Crippen LogP contribution in [0.5, 0.6) is 0 Å². The maximum Gasteiger partial charge on any atom is 0.336 e. The van der Waals surface area contributed by atoms with Gasteiger partial charge in [-0.05, 0) is 25.1 Å². The molecule has 1 aliphatic heterocycles. The Morgan fingerprint density at radius 3 is 3.00 bits per heavy atom. The highest BCUT2D eigenvalue weighted by atomic mass is 16.4. The Morgan fingerprint density at radius 1 is 1.48 bits per heavy atom. The molecule has 0 aliphatic carbocycles. The first-order valence-corrected chi connectivity index (χ1v) is 7.29. The summed E-state index contributed by atoms with van der Waals surface area (Å²) < 4.78 is 0. The van der Waals surface area contributed by atoms with Gasteiger partial charge in [-0.3, -0.25) is 0 Å². The maximum absolute atomic E-state index is 11.4. The van der Waals surface area contributed by atoms with Gasteiger partial charge < -0.3 is 15.3 Å². The average Bonchev–Trinajstić information content (AvgIpc) is 2.94. The van der Waals surface area contributed by atoms with Crippen molar-refractivity contribution in [2.75, 3.05) is 25.0 Å². The smallest absolute Gasteiger partial charge is 0.336 e. The number of likely N-dealkylation sites (tertiary alicyclic amines) is 1. The molecule has 1 unspecified atom stereocenters. The molecule has 0 spiro atoms. The van der Waals surface area contributed by atoms with Crippen LogP contribution in [0.1, 0.15) is 23.7 Å². The Labute approximate surface area is 123 Å². The number of pyridine rings is 1. The van der Waals surface area contributed by atoms with E-state index in [1.165, 1.54) is 0 Å². The van der Waals surface area contributed by atoms with E-state index in [2.05, 4.69) is 22.1 Å². The molecule has 2 N–H and O–H groups in total. The Bertz CT molecular complexity index is 672. The average molecular weight is 285 g/mol. The minimum atomic E-state index is -0.918. The Balaban J connectivity index is 1.91. The number of carboxylic acids is 1. The van der Waals surface area contributed by atoms with Crippen LogP contribution in [0.4, 0.5) is 5.82 Å². The van der Waals surface area contributed by atoms with Crippen LogP contribution in [-0.2, 0) is 0 Å². The molecule has 0 saturated carbocycles. The molecule has 5 nitrogen and oxygen atoms in total. The number of carbonyl (C=O) groups is 1. The summed E-state index contributed by atoms with van der Waals surface area (Å²) in [5.74, 6) is -0.271. The lowest BCUT2D eigenvalue weighted by molar-refractivity contribution is 0.0699. The highest BCUT2D eigenvalue weighted by molar-refractivity contribution is 6.03. The topological polar surface area (TPSA) is 65.5 Å². The second kappa shape index (κ2) is 5.69. The van der Waals surface area contributed by atoms with Gasteiger partial charge in [0, 0.05) is 24.5 Å². The zero-order valence-corrected chi connectivity index (χ0v) is 12.0. The predicted octanol–water partition coefficient (Wildman–Crippen LogP) is 2.44. The molecule has 1 atom stereocenters. The molecule has 1 aromatic heterocycles. The molecule has 2 heterocycles. The highest BCUT2D eigenvalue weighted by Crippen LogP contribution is 2.22. The van der Waals surface area contributed by atoms with Crippen molar-refractivity contribution in [1.82, 2.24) is 9.88 Å². The van der Waals surface area contributed by atoms with Crippen LogP contribution in [0.2, 0.25) is 0 Å². The maximum atomic E-state index is 11.4. The third-order valence-corrected chi connectivity index (χ3v) is 4.02. The van der Waals surface area contributed by atoms with Crippen LogP contribution in [0.25, 0.3) is 10.9 Å². The number of para-hydroxylation sites is 1. The van der Waals surface area contributed by atoms with Crippen molar-refractivity contribution in [1.29, 1.82) is 0 Å². The van der Waals surface area contributed by atoms with Crippen molar-refractivity contribution in [2.24, 2.45) is 0 Å². The summed E-state index contributed by atoms with van der Waals surface area (Å²) in [5, 5.41) is 13.4. The zero-order valence-electron chi connectivity index (χ0n) is 12.0. The molecular weight excluding hydrogens is 266 g/mol. The highest BCUT2D eigenvalue weighted by Gasteiger charge is 2.22. The number of hydrogen-bond acceptors (Lipinski definition) is 4.